The third-order valence-electron chi connectivity index (χ3n) is 4.62. The van der Waals surface area contributed by atoms with E-state index in [1.807, 2.05) is 6.07 Å². The van der Waals surface area contributed by atoms with Gasteiger partial charge >= 0.3 is 6.03 Å². The van der Waals surface area contributed by atoms with Gasteiger partial charge in [-0.05, 0) is 42.3 Å². The summed E-state index contributed by atoms with van der Waals surface area (Å²) in [7, 11) is 0. The Balaban J connectivity index is 1.78. The highest BCUT2D eigenvalue weighted by Crippen LogP contribution is 2.33. The van der Waals surface area contributed by atoms with Gasteiger partial charge in [0.1, 0.15) is 12.1 Å². The number of benzene rings is 2. The summed E-state index contributed by atoms with van der Waals surface area (Å²) in [5.74, 6) is -1.04. The number of imide groups is 1. The van der Waals surface area contributed by atoms with Crippen molar-refractivity contribution in [3.8, 4) is 6.07 Å². The Morgan fingerprint density at radius 2 is 1.96 bits per heavy atom. The van der Waals surface area contributed by atoms with Crippen LogP contribution in [0.15, 0.2) is 48.5 Å². The van der Waals surface area contributed by atoms with Gasteiger partial charge in [0, 0.05) is 10.7 Å². The molecule has 1 fully saturated rings. The lowest BCUT2D eigenvalue weighted by Crippen LogP contribution is -2.44. The van der Waals surface area contributed by atoms with Gasteiger partial charge in [-0.25, -0.2) is 4.79 Å². The number of rotatable bonds is 5. The fourth-order valence-corrected chi connectivity index (χ4v) is 3.28. The number of hydrogen-bond acceptors (Lipinski definition) is 4. The van der Waals surface area contributed by atoms with Crippen LogP contribution in [0.4, 0.5) is 10.5 Å². The Bertz CT molecular complexity index is 984. The van der Waals surface area contributed by atoms with Gasteiger partial charge in [-0.15, -0.1) is 0 Å². The van der Waals surface area contributed by atoms with Crippen LogP contribution < -0.4 is 10.6 Å². The molecule has 7 nitrogen and oxygen atoms in total. The molecule has 0 bridgehead atoms. The van der Waals surface area contributed by atoms with Crippen molar-refractivity contribution in [3.63, 3.8) is 0 Å². The predicted molar refractivity (Wildman–Crippen MR) is 103 cm³/mol. The number of anilines is 1. The van der Waals surface area contributed by atoms with Gasteiger partial charge in [0.15, 0.2) is 0 Å². The monoisotopic (exact) mass is 396 g/mol. The molecule has 2 aromatic carbocycles. The van der Waals surface area contributed by atoms with Crippen LogP contribution in [0, 0.1) is 11.3 Å². The zero-order chi connectivity index (χ0) is 20.3. The number of nitriles is 1. The van der Waals surface area contributed by atoms with E-state index in [0.29, 0.717) is 28.3 Å². The minimum atomic E-state index is -1.23. The predicted octanol–water partition coefficient (Wildman–Crippen LogP) is 3.01. The van der Waals surface area contributed by atoms with Crippen molar-refractivity contribution >= 4 is 35.1 Å². The summed E-state index contributed by atoms with van der Waals surface area (Å²) in [5.41, 5.74) is 0.168. The average Bonchev–Trinajstić information content (AvgIpc) is 2.93. The van der Waals surface area contributed by atoms with Crippen LogP contribution in [0.5, 0.6) is 0 Å². The number of hydrogen-bond donors (Lipinski definition) is 2. The molecule has 0 radical (unpaired) electrons. The van der Waals surface area contributed by atoms with Gasteiger partial charge in [0.25, 0.3) is 5.91 Å². The second-order valence-electron chi connectivity index (χ2n) is 6.33. The first-order chi connectivity index (χ1) is 13.4. The Morgan fingerprint density at radius 3 is 2.61 bits per heavy atom. The summed E-state index contributed by atoms with van der Waals surface area (Å²) in [6.45, 7) is 1.35. The number of carbonyl (C=O) groups is 3. The normalized spacial score (nSPS) is 18.5. The lowest BCUT2D eigenvalue weighted by molar-refractivity contribution is -0.134. The molecule has 4 amide bonds. The highest BCUT2D eigenvalue weighted by atomic mass is 35.5. The highest BCUT2D eigenvalue weighted by Gasteiger charge is 2.51. The maximum absolute atomic E-state index is 13.0. The molecule has 1 aliphatic heterocycles. The van der Waals surface area contributed by atoms with E-state index in [4.69, 9.17) is 16.9 Å². The molecule has 142 valence electrons. The van der Waals surface area contributed by atoms with E-state index < -0.39 is 29.9 Å². The fraction of sp³-hybridized carbons (Fsp3) is 0.200. The smallest absolute Gasteiger partial charge is 0.324 e. The molecule has 0 aromatic heterocycles. The third kappa shape index (κ3) is 3.55. The van der Waals surface area contributed by atoms with Crippen molar-refractivity contribution in [1.29, 1.82) is 5.26 Å². The zero-order valence-corrected chi connectivity index (χ0v) is 15.8. The average molecular weight is 397 g/mol. The molecule has 8 heteroatoms. The van der Waals surface area contributed by atoms with Crippen molar-refractivity contribution < 1.29 is 14.4 Å². The van der Waals surface area contributed by atoms with Crippen LogP contribution in [0.3, 0.4) is 0 Å². The molecular weight excluding hydrogens is 380 g/mol. The van der Waals surface area contributed by atoms with Gasteiger partial charge < -0.3 is 10.6 Å². The number of nitrogens with one attached hydrogen (secondary N) is 2. The Morgan fingerprint density at radius 1 is 1.25 bits per heavy atom. The summed E-state index contributed by atoms with van der Waals surface area (Å²) < 4.78 is 0. The van der Waals surface area contributed by atoms with Crippen molar-refractivity contribution in [2.45, 2.75) is 18.9 Å². The number of nitrogens with zero attached hydrogens (tertiary/aromatic N) is 2. The summed E-state index contributed by atoms with van der Waals surface area (Å²) in [4.78, 5) is 38.7. The number of carbonyl (C=O) groups excluding carboxylic acids is 3. The SMILES string of the molecule is CCC1(c2ccc(Cl)cc2)NC(=O)N(CC(=O)Nc2cccc(C#N)c2)C1=O. The Hall–Kier alpha value is -3.37. The molecule has 0 aliphatic carbocycles. The van der Waals surface area contributed by atoms with E-state index in [9.17, 15) is 14.4 Å². The van der Waals surface area contributed by atoms with Crippen LogP contribution in [0.2, 0.25) is 5.02 Å². The minimum Gasteiger partial charge on any atom is -0.324 e. The molecule has 3 rings (SSSR count). The third-order valence-corrected chi connectivity index (χ3v) is 4.87. The molecule has 2 aromatic rings. The largest absolute Gasteiger partial charge is 0.325 e. The van der Waals surface area contributed by atoms with Gasteiger partial charge in [0.05, 0.1) is 11.6 Å². The summed E-state index contributed by atoms with van der Waals surface area (Å²) in [6, 6.07) is 14.4. The number of halogens is 1. The second-order valence-corrected chi connectivity index (χ2v) is 6.76. The quantitative estimate of drug-likeness (QED) is 0.758. The first kappa shape index (κ1) is 19.4. The van der Waals surface area contributed by atoms with Crippen molar-refractivity contribution in [2.75, 3.05) is 11.9 Å². The van der Waals surface area contributed by atoms with Crippen LogP contribution in [-0.4, -0.2) is 29.3 Å². The van der Waals surface area contributed by atoms with E-state index in [-0.39, 0.29) is 0 Å². The van der Waals surface area contributed by atoms with Gasteiger partial charge in [0.2, 0.25) is 5.91 Å². The van der Waals surface area contributed by atoms with E-state index in [1.54, 1.807) is 49.4 Å². The summed E-state index contributed by atoms with van der Waals surface area (Å²) in [6.07, 6.45) is 0.321. The lowest BCUT2D eigenvalue weighted by Gasteiger charge is -2.25. The minimum absolute atomic E-state index is 0.321. The summed E-state index contributed by atoms with van der Waals surface area (Å²) >= 11 is 5.91. The van der Waals surface area contributed by atoms with Crippen LogP contribution >= 0.6 is 11.6 Å². The maximum atomic E-state index is 13.0. The molecule has 1 atom stereocenters. The molecule has 2 N–H and O–H groups in total. The van der Waals surface area contributed by atoms with Crippen molar-refractivity contribution in [2.24, 2.45) is 0 Å². The molecule has 1 saturated heterocycles. The van der Waals surface area contributed by atoms with Gasteiger partial charge in [-0.2, -0.15) is 5.26 Å². The van der Waals surface area contributed by atoms with Crippen LogP contribution in [-0.2, 0) is 15.1 Å². The Kier molecular flexibility index (Phi) is 5.34. The molecular formula is C20H17ClN4O3. The number of amides is 4. The molecule has 1 unspecified atom stereocenters. The van der Waals surface area contributed by atoms with Crippen LogP contribution in [0.1, 0.15) is 24.5 Å². The van der Waals surface area contributed by atoms with E-state index in [1.165, 1.54) is 6.07 Å². The second kappa shape index (κ2) is 7.71. The van der Waals surface area contributed by atoms with Gasteiger partial charge in [-0.1, -0.05) is 36.7 Å². The Labute approximate surface area is 166 Å². The highest BCUT2D eigenvalue weighted by molar-refractivity contribution is 6.30. The lowest BCUT2D eigenvalue weighted by atomic mass is 9.87. The maximum Gasteiger partial charge on any atom is 0.325 e. The topological polar surface area (TPSA) is 102 Å². The van der Waals surface area contributed by atoms with Crippen LogP contribution in [0.25, 0.3) is 0 Å². The van der Waals surface area contributed by atoms with E-state index in [0.717, 1.165) is 4.90 Å². The zero-order valence-electron chi connectivity index (χ0n) is 15.0. The van der Waals surface area contributed by atoms with E-state index in [2.05, 4.69) is 10.6 Å². The summed E-state index contributed by atoms with van der Waals surface area (Å²) in [5, 5.41) is 14.8. The first-order valence-electron chi connectivity index (χ1n) is 8.60. The van der Waals surface area contributed by atoms with Crippen molar-refractivity contribution in [3.05, 3.63) is 64.7 Å². The van der Waals surface area contributed by atoms with Gasteiger partial charge in [-0.3, -0.25) is 14.5 Å². The molecule has 0 saturated carbocycles. The first-order valence-corrected chi connectivity index (χ1v) is 8.97. The number of urea groups is 1. The standard InChI is InChI=1S/C20H17ClN4O3/c1-2-20(14-6-8-15(21)9-7-14)18(27)25(19(28)24-20)12-17(26)23-16-5-3-4-13(10-16)11-22/h3-10H,2,12H2,1H3,(H,23,26)(H,24,28). The molecule has 1 heterocycles. The van der Waals surface area contributed by atoms with Crippen molar-refractivity contribution in [1.82, 2.24) is 10.2 Å². The molecule has 28 heavy (non-hydrogen) atoms. The molecule has 0 spiro atoms. The molecule has 1 aliphatic rings. The van der Waals surface area contributed by atoms with E-state index >= 15 is 0 Å². The fourth-order valence-electron chi connectivity index (χ4n) is 3.15.